The van der Waals surface area contributed by atoms with E-state index in [2.05, 4.69) is 50.9 Å². The molecular formula is C23H30O3Si. The zero-order valence-corrected chi connectivity index (χ0v) is 17.8. The molecule has 1 N–H and O–H groups in total. The van der Waals surface area contributed by atoms with Gasteiger partial charge in [0.1, 0.15) is 12.4 Å². The van der Waals surface area contributed by atoms with Gasteiger partial charge in [-0.25, -0.2) is 4.79 Å². The minimum absolute atomic E-state index is 0.0282. The number of phenolic OH excluding ortho intramolecular Hbond substituents is 1. The van der Waals surface area contributed by atoms with E-state index in [-0.39, 0.29) is 12.4 Å². The highest BCUT2D eigenvalue weighted by Crippen LogP contribution is 2.27. The van der Waals surface area contributed by atoms with E-state index in [0.29, 0.717) is 11.1 Å². The summed E-state index contributed by atoms with van der Waals surface area (Å²) >= 11 is 0. The summed E-state index contributed by atoms with van der Waals surface area (Å²) in [4.78, 5) is 11.6. The molecule has 27 heavy (non-hydrogen) atoms. The van der Waals surface area contributed by atoms with Gasteiger partial charge in [0, 0.05) is 11.1 Å². The van der Waals surface area contributed by atoms with E-state index in [1.807, 2.05) is 12.1 Å². The zero-order chi connectivity index (χ0) is 20.0. The Balaban J connectivity index is 2.19. The van der Waals surface area contributed by atoms with Crippen molar-refractivity contribution in [1.29, 1.82) is 0 Å². The topological polar surface area (TPSA) is 46.5 Å². The van der Waals surface area contributed by atoms with Crippen molar-refractivity contribution in [3.63, 3.8) is 0 Å². The number of benzene rings is 2. The molecule has 0 radical (unpaired) electrons. The normalized spacial score (nSPS) is 11.3. The molecule has 2 aromatic rings. The molecule has 0 bridgehead atoms. The summed E-state index contributed by atoms with van der Waals surface area (Å²) in [7, 11) is -1.39. The molecule has 0 atom stereocenters. The summed E-state index contributed by atoms with van der Waals surface area (Å²) < 4.78 is 5.17. The predicted octanol–water partition coefficient (Wildman–Crippen LogP) is 5.39. The van der Waals surface area contributed by atoms with Crippen molar-refractivity contribution in [3.8, 4) is 16.9 Å². The van der Waals surface area contributed by atoms with Crippen molar-refractivity contribution >= 4 is 19.2 Å². The number of carbonyl (C=O) groups is 1. The fourth-order valence-electron chi connectivity index (χ4n) is 3.02. The number of hydrogen-bond acceptors (Lipinski definition) is 3. The first-order valence-electron chi connectivity index (χ1n) is 9.50. The van der Waals surface area contributed by atoms with E-state index < -0.39 is 14.0 Å². The Hall–Kier alpha value is -2.33. The van der Waals surface area contributed by atoms with Crippen molar-refractivity contribution in [2.75, 3.05) is 0 Å². The van der Waals surface area contributed by atoms with Gasteiger partial charge >= 0.3 is 5.97 Å². The van der Waals surface area contributed by atoms with Gasteiger partial charge in [-0.2, -0.15) is 0 Å². The van der Waals surface area contributed by atoms with Crippen LogP contribution in [0.15, 0.2) is 54.6 Å². The Morgan fingerprint density at radius 3 is 2.33 bits per heavy atom. The smallest absolute Gasteiger partial charge is 0.333 e. The highest BCUT2D eigenvalue weighted by Gasteiger charge is 2.22. The Labute approximate surface area is 163 Å². The lowest BCUT2D eigenvalue weighted by atomic mass is 10.0. The lowest BCUT2D eigenvalue weighted by molar-refractivity contribution is -0.140. The molecule has 0 aliphatic carbocycles. The van der Waals surface area contributed by atoms with E-state index >= 15 is 0 Å². The molecule has 0 aromatic heterocycles. The summed E-state index contributed by atoms with van der Waals surface area (Å²) in [6.45, 7) is 12.3. The fourth-order valence-corrected chi connectivity index (χ4v) is 5.62. The van der Waals surface area contributed by atoms with Gasteiger partial charge in [0.25, 0.3) is 0 Å². The van der Waals surface area contributed by atoms with Crippen LogP contribution >= 0.6 is 0 Å². The van der Waals surface area contributed by atoms with Crippen LogP contribution in [-0.4, -0.2) is 19.1 Å². The number of ether oxygens (including phenoxy) is 1. The minimum atomic E-state index is -1.39. The highest BCUT2D eigenvalue weighted by atomic mass is 28.3. The number of carbonyl (C=O) groups excluding carboxylic acids is 1. The number of aromatic hydroxyl groups is 1. The number of unbranched alkanes of at least 4 members (excludes halogenated alkanes) is 1. The number of hydrogen-bond donors (Lipinski definition) is 1. The maximum atomic E-state index is 11.6. The van der Waals surface area contributed by atoms with E-state index in [1.54, 1.807) is 13.0 Å². The summed E-state index contributed by atoms with van der Waals surface area (Å²) in [6, 6.07) is 15.5. The molecule has 4 heteroatoms. The van der Waals surface area contributed by atoms with Gasteiger partial charge < -0.3 is 9.84 Å². The van der Waals surface area contributed by atoms with Crippen LogP contribution < -0.4 is 5.19 Å². The maximum absolute atomic E-state index is 11.6. The second-order valence-electron chi connectivity index (χ2n) is 7.76. The molecule has 144 valence electrons. The standard InChI is InChI=1S/C23H30O3Si/c1-6-7-14-27(4,5)21-11-8-18(9-12-21)19-10-13-22(24)20(15-19)16-26-23(25)17(2)3/h8-13,15,24H,2,6-7,14,16H2,1,3-5H3. The van der Waals surface area contributed by atoms with E-state index in [0.717, 1.165) is 11.1 Å². The third-order valence-electron chi connectivity index (χ3n) is 4.94. The number of phenols is 1. The van der Waals surface area contributed by atoms with Crippen molar-refractivity contribution < 1.29 is 14.6 Å². The van der Waals surface area contributed by atoms with Gasteiger partial charge in [0.05, 0.1) is 8.07 Å². The zero-order valence-electron chi connectivity index (χ0n) is 16.8. The summed E-state index contributed by atoms with van der Waals surface area (Å²) in [5.74, 6) is -0.332. The molecule has 0 saturated carbocycles. The number of rotatable bonds is 8. The molecule has 0 heterocycles. The fraction of sp³-hybridized carbons (Fsp3) is 0.348. The predicted molar refractivity (Wildman–Crippen MR) is 115 cm³/mol. The Morgan fingerprint density at radius 2 is 1.74 bits per heavy atom. The first-order chi connectivity index (χ1) is 12.7. The monoisotopic (exact) mass is 382 g/mol. The highest BCUT2D eigenvalue weighted by molar-refractivity contribution is 6.89. The Morgan fingerprint density at radius 1 is 1.11 bits per heavy atom. The Kier molecular flexibility index (Phi) is 7.03. The van der Waals surface area contributed by atoms with Crippen molar-refractivity contribution in [2.24, 2.45) is 0 Å². The lowest BCUT2D eigenvalue weighted by Gasteiger charge is -2.23. The van der Waals surface area contributed by atoms with Gasteiger partial charge in [-0.05, 0) is 30.2 Å². The molecule has 2 rings (SSSR count). The molecule has 0 unspecified atom stereocenters. The quantitative estimate of drug-likeness (QED) is 0.378. The van der Waals surface area contributed by atoms with Crippen molar-refractivity contribution in [2.45, 2.75) is 52.4 Å². The second-order valence-corrected chi connectivity index (χ2v) is 12.6. The van der Waals surface area contributed by atoms with Crippen LogP contribution in [-0.2, 0) is 16.1 Å². The van der Waals surface area contributed by atoms with Crippen LogP contribution in [0, 0.1) is 0 Å². The van der Waals surface area contributed by atoms with Gasteiger partial charge in [-0.15, -0.1) is 0 Å². The van der Waals surface area contributed by atoms with Gasteiger partial charge in [0.2, 0.25) is 0 Å². The molecule has 0 aliphatic rings. The van der Waals surface area contributed by atoms with Crippen molar-refractivity contribution in [1.82, 2.24) is 0 Å². The minimum Gasteiger partial charge on any atom is -0.508 e. The van der Waals surface area contributed by atoms with Crippen LogP contribution in [0.4, 0.5) is 0 Å². The summed E-state index contributed by atoms with van der Waals surface area (Å²) in [6.07, 6.45) is 2.52. The van der Waals surface area contributed by atoms with Crippen molar-refractivity contribution in [3.05, 3.63) is 60.2 Å². The maximum Gasteiger partial charge on any atom is 0.333 e. The largest absolute Gasteiger partial charge is 0.508 e. The van der Waals surface area contributed by atoms with Crippen LogP contribution in [0.25, 0.3) is 11.1 Å². The molecule has 0 aliphatic heterocycles. The van der Waals surface area contributed by atoms with Crippen LogP contribution in [0.1, 0.15) is 32.3 Å². The van der Waals surface area contributed by atoms with Crippen LogP contribution in [0.5, 0.6) is 5.75 Å². The van der Waals surface area contributed by atoms with E-state index in [4.69, 9.17) is 4.74 Å². The third kappa shape index (κ3) is 5.57. The lowest BCUT2D eigenvalue weighted by Crippen LogP contribution is -2.40. The average Bonchev–Trinajstić information content (AvgIpc) is 2.65. The van der Waals surface area contributed by atoms with E-state index in [9.17, 15) is 9.90 Å². The van der Waals surface area contributed by atoms with Gasteiger partial charge in [-0.1, -0.05) is 81.0 Å². The molecule has 0 fully saturated rings. The molecule has 0 saturated heterocycles. The Bertz CT molecular complexity index is 807. The van der Waals surface area contributed by atoms with Crippen LogP contribution in [0.2, 0.25) is 19.1 Å². The number of esters is 1. The van der Waals surface area contributed by atoms with E-state index in [1.165, 1.54) is 24.1 Å². The van der Waals surface area contributed by atoms with Gasteiger partial charge in [0.15, 0.2) is 0 Å². The average molecular weight is 383 g/mol. The SMILES string of the molecule is C=C(C)C(=O)OCc1cc(-c2ccc([Si](C)(C)CCCC)cc2)ccc1O. The first kappa shape index (κ1) is 21.0. The molecule has 3 nitrogen and oxygen atoms in total. The third-order valence-corrected chi connectivity index (χ3v) is 8.44. The van der Waals surface area contributed by atoms with Crippen LogP contribution in [0.3, 0.4) is 0 Å². The first-order valence-corrected chi connectivity index (χ1v) is 12.7. The summed E-state index contributed by atoms with van der Waals surface area (Å²) in [5, 5.41) is 11.5. The second kappa shape index (κ2) is 9.04. The molecule has 0 spiro atoms. The summed E-state index contributed by atoms with van der Waals surface area (Å²) in [5.41, 5.74) is 3.01. The molecular weight excluding hydrogens is 352 g/mol. The molecule has 0 amide bonds. The molecule has 2 aromatic carbocycles. The van der Waals surface area contributed by atoms with Gasteiger partial charge in [-0.3, -0.25) is 0 Å².